The Morgan fingerprint density at radius 1 is 1.23 bits per heavy atom. The van der Waals surface area contributed by atoms with Crippen molar-refractivity contribution in [3.63, 3.8) is 0 Å². The van der Waals surface area contributed by atoms with Gasteiger partial charge in [-0.15, -0.1) is 0 Å². The lowest BCUT2D eigenvalue weighted by atomic mass is 10.1. The minimum absolute atomic E-state index is 0.0258. The van der Waals surface area contributed by atoms with Crippen LogP contribution in [0.5, 0.6) is 0 Å². The highest BCUT2D eigenvalue weighted by Crippen LogP contribution is 2.21. The van der Waals surface area contributed by atoms with Crippen LogP contribution in [0.2, 0.25) is 5.02 Å². The Hall–Kier alpha value is -2.33. The predicted molar refractivity (Wildman–Crippen MR) is 89.4 cm³/mol. The summed E-state index contributed by atoms with van der Waals surface area (Å²) in [6.45, 7) is 1.91. The van der Waals surface area contributed by atoms with Crippen molar-refractivity contribution in [2.24, 2.45) is 0 Å². The molecule has 22 heavy (non-hydrogen) atoms. The normalized spacial score (nSPS) is 10.9. The Bertz CT molecular complexity index is 824. The lowest BCUT2D eigenvalue weighted by Crippen LogP contribution is -2.27. The zero-order valence-corrected chi connectivity index (χ0v) is 13.2. The third kappa shape index (κ3) is 2.97. The number of aromatic amines is 1. The second-order valence-electron chi connectivity index (χ2n) is 5.28. The van der Waals surface area contributed by atoms with Crippen molar-refractivity contribution < 1.29 is 4.79 Å². The molecule has 4 nitrogen and oxygen atoms in total. The topological polar surface area (TPSA) is 49.0 Å². The van der Waals surface area contributed by atoms with Gasteiger partial charge in [-0.25, -0.2) is 4.98 Å². The third-order valence-electron chi connectivity index (χ3n) is 3.61. The van der Waals surface area contributed by atoms with Crippen molar-refractivity contribution in [3.8, 4) is 0 Å². The smallest absolute Gasteiger partial charge is 0.231 e. The molecule has 1 heterocycles. The number of fused-ring (bicyclic) bond motifs is 1. The van der Waals surface area contributed by atoms with E-state index in [0.717, 1.165) is 28.1 Å². The lowest BCUT2D eigenvalue weighted by molar-refractivity contribution is -0.117. The molecule has 0 aliphatic heterocycles. The molecule has 2 aromatic carbocycles. The summed E-state index contributed by atoms with van der Waals surface area (Å²) in [5, 5.41) is 0.671. The molecular formula is C17H16ClN3O. The average Bonchev–Trinajstić information content (AvgIpc) is 2.87. The second kappa shape index (κ2) is 5.81. The zero-order chi connectivity index (χ0) is 15.7. The van der Waals surface area contributed by atoms with E-state index in [9.17, 15) is 4.79 Å². The molecule has 0 saturated heterocycles. The maximum atomic E-state index is 12.4. The number of nitrogens with zero attached hydrogens (tertiary/aromatic N) is 2. The number of hydrogen-bond donors (Lipinski definition) is 1. The van der Waals surface area contributed by atoms with Gasteiger partial charge in [-0.05, 0) is 42.8 Å². The summed E-state index contributed by atoms with van der Waals surface area (Å²) in [6.07, 6.45) is 0.341. The van der Waals surface area contributed by atoms with Gasteiger partial charge in [0.1, 0.15) is 5.82 Å². The van der Waals surface area contributed by atoms with Gasteiger partial charge in [-0.1, -0.05) is 23.7 Å². The number of rotatable bonds is 3. The molecule has 0 fully saturated rings. The predicted octanol–water partition coefficient (Wildman–Crippen LogP) is 3.73. The monoisotopic (exact) mass is 313 g/mol. The maximum absolute atomic E-state index is 12.4. The van der Waals surface area contributed by atoms with Crippen molar-refractivity contribution in [2.75, 3.05) is 11.9 Å². The van der Waals surface area contributed by atoms with Gasteiger partial charge >= 0.3 is 0 Å². The van der Waals surface area contributed by atoms with Crippen LogP contribution in [0.1, 0.15) is 11.4 Å². The van der Waals surface area contributed by atoms with E-state index in [1.165, 1.54) is 0 Å². The molecule has 0 atom stereocenters. The van der Waals surface area contributed by atoms with Crippen LogP contribution >= 0.6 is 11.6 Å². The van der Waals surface area contributed by atoms with Crippen molar-refractivity contribution in [1.29, 1.82) is 0 Å². The number of anilines is 1. The van der Waals surface area contributed by atoms with Crippen molar-refractivity contribution in [2.45, 2.75) is 13.3 Å². The van der Waals surface area contributed by atoms with Gasteiger partial charge in [0, 0.05) is 17.8 Å². The quantitative estimate of drug-likeness (QED) is 0.801. The Labute approximate surface area is 133 Å². The first-order chi connectivity index (χ1) is 10.5. The van der Waals surface area contributed by atoms with E-state index < -0.39 is 0 Å². The molecule has 0 saturated carbocycles. The first kappa shape index (κ1) is 14.6. The number of H-pyrrole nitrogens is 1. The van der Waals surface area contributed by atoms with Crippen LogP contribution < -0.4 is 4.90 Å². The molecule has 1 aromatic heterocycles. The summed E-state index contributed by atoms with van der Waals surface area (Å²) in [4.78, 5) is 21.6. The molecule has 0 bridgehead atoms. The molecule has 112 valence electrons. The number of halogens is 1. The minimum Gasteiger partial charge on any atom is -0.342 e. The van der Waals surface area contributed by atoms with Crippen LogP contribution in [-0.2, 0) is 11.2 Å². The number of hydrogen-bond acceptors (Lipinski definition) is 2. The van der Waals surface area contributed by atoms with E-state index in [1.807, 2.05) is 37.3 Å². The second-order valence-corrected chi connectivity index (χ2v) is 5.72. The number of nitrogens with one attached hydrogen (secondary N) is 1. The Kier molecular flexibility index (Phi) is 3.86. The summed E-state index contributed by atoms with van der Waals surface area (Å²) in [6, 6.07) is 13.1. The van der Waals surface area contributed by atoms with Crippen molar-refractivity contribution in [3.05, 3.63) is 58.9 Å². The van der Waals surface area contributed by atoms with E-state index in [-0.39, 0.29) is 5.91 Å². The van der Waals surface area contributed by atoms with Gasteiger partial charge < -0.3 is 9.88 Å². The average molecular weight is 314 g/mol. The van der Waals surface area contributed by atoms with Crippen LogP contribution in [0.25, 0.3) is 11.0 Å². The van der Waals surface area contributed by atoms with Gasteiger partial charge in [-0.3, -0.25) is 4.79 Å². The van der Waals surface area contributed by atoms with Crippen molar-refractivity contribution in [1.82, 2.24) is 9.97 Å². The molecule has 0 aliphatic rings. The maximum Gasteiger partial charge on any atom is 0.231 e. The van der Waals surface area contributed by atoms with Gasteiger partial charge in [0.2, 0.25) is 5.91 Å². The van der Waals surface area contributed by atoms with Crippen LogP contribution in [0.3, 0.4) is 0 Å². The summed E-state index contributed by atoms with van der Waals surface area (Å²) < 4.78 is 0. The number of carbonyl (C=O) groups is 1. The lowest BCUT2D eigenvalue weighted by Gasteiger charge is -2.17. The fourth-order valence-corrected chi connectivity index (χ4v) is 2.50. The Morgan fingerprint density at radius 2 is 1.95 bits per heavy atom. The highest BCUT2D eigenvalue weighted by molar-refractivity contribution is 6.30. The molecule has 0 unspecified atom stereocenters. The minimum atomic E-state index is 0.0258. The zero-order valence-electron chi connectivity index (χ0n) is 12.4. The Morgan fingerprint density at radius 3 is 2.68 bits per heavy atom. The first-order valence-electron chi connectivity index (χ1n) is 7.00. The molecule has 0 aliphatic carbocycles. The Balaban J connectivity index is 1.80. The van der Waals surface area contributed by atoms with E-state index in [4.69, 9.17) is 11.6 Å². The highest BCUT2D eigenvalue weighted by atomic mass is 35.5. The fraction of sp³-hybridized carbons (Fsp3) is 0.176. The number of carbonyl (C=O) groups excluding carboxylic acids is 1. The van der Waals surface area contributed by atoms with Crippen LogP contribution in [0, 0.1) is 6.92 Å². The van der Waals surface area contributed by atoms with Gasteiger partial charge in [-0.2, -0.15) is 0 Å². The van der Waals surface area contributed by atoms with Crippen LogP contribution in [0.15, 0.2) is 42.5 Å². The highest BCUT2D eigenvalue weighted by Gasteiger charge is 2.13. The molecule has 1 N–H and O–H groups in total. The number of likely N-dealkylation sites (N-methyl/N-ethyl adjacent to an activating group) is 1. The molecule has 0 spiro atoms. The molecule has 3 rings (SSSR count). The first-order valence-corrected chi connectivity index (χ1v) is 7.38. The number of benzene rings is 2. The summed E-state index contributed by atoms with van der Waals surface area (Å²) >= 11 is 5.86. The number of aromatic nitrogens is 2. The number of aryl methyl sites for hydroxylation is 1. The van der Waals surface area contributed by atoms with Gasteiger partial charge in [0.25, 0.3) is 0 Å². The van der Waals surface area contributed by atoms with E-state index in [0.29, 0.717) is 11.4 Å². The molecule has 3 aromatic rings. The number of imidazole rings is 1. The summed E-state index contributed by atoms with van der Waals surface area (Å²) in [5.41, 5.74) is 3.62. The molecule has 1 amide bonds. The van der Waals surface area contributed by atoms with Crippen molar-refractivity contribution >= 4 is 34.2 Å². The molecule has 0 radical (unpaired) electrons. The molecule has 5 heteroatoms. The standard InChI is InChI=1S/C17H16ClN3O/c1-11-19-15-8-7-14(10-16(15)20-11)21(2)17(22)9-12-3-5-13(18)6-4-12/h3-8,10H,9H2,1-2H3,(H,19,20). The summed E-state index contributed by atoms with van der Waals surface area (Å²) in [7, 11) is 1.78. The van der Waals surface area contributed by atoms with Gasteiger partial charge in [0.05, 0.1) is 17.5 Å². The van der Waals surface area contributed by atoms with Gasteiger partial charge in [0.15, 0.2) is 0 Å². The molecular weight excluding hydrogens is 298 g/mol. The van der Waals surface area contributed by atoms with Crippen LogP contribution in [-0.4, -0.2) is 22.9 Å². The SMILES string of the molecule is Cc1nc2ccc(N(C)C(=O)Cc3ccc(Cl)cc3)cc2[nH]1. The number of amides is 1. The third-order valence-corrected chi connectivity index (χ3v) is 3.87. The summed E-state index contributed by atoms with van der Waals surface area (Å²) in [5.74, 6) is 0.889. The van der Waals surface area contributed by atoms with E-state index in [1.54, 1.807) is 24.1 Å². The largest absolute Gasteiger partial charge is 0.342 e. The van der Waals surface area contributed by atoms with E-state index >= 15 is 0 Å². The van der Waals surface area contributed by atoms with E-state index in [2.05, 4.69) is 9.97 Å². The van der Waals surface area contributed by atoms with Crippen LogP contribution in [0.4, 0.5) is 5.69 Å². The fourth-order valence-electron chi connectivity index (χ4n) is 2.37.